The number of aromatic nitrogens is 2. The maximum atomic E-state index is 5.38. The third-order valence-electron chi connectivity index (χ3n) is 3.61. The van der Waals surface area contributed by atoms with Crippen LogP contribution in [-0.2, 0) is 18.2 Å². The minimum atomic E-state index is 0.492. The topological polar surface area (TPSA) is 39.1 Å². The van der Waals surface area contributed by atoms with E-state index in [4.69, 9.17) is 4.74 Å². The summed E-state index contributed by atoms with van der Waals surface area (Å²) in [4.78, 5) is 0. The second kappa shape index (κ2) is 6.17. The Labute approximate surface area is 103 Å². The number of nitrogens with zero attached hydrogens (tertiary/aromatic N) is 2. The maximum Gasteiger partial charge on any atom is 0.0572 e. The van der Waals surface area contributed by atoms with Crippen LogP contribution in [0.15, 0.2) is 12.4 Å². The molecule has 1 saturated carbocycles. The molecule has 0 spiro atoms. The average Bonchev–Trinajstić information content (AvgIpc) is 2.76. The van der Waals surface area contributed by atoms with E-state index in [1.165, 1.54) is 31.2 Å². The van der Waals surface area contributed by atoms with Gasteiger partial charge in [-0.05, 0) is 44.2 Å². The number of rotatable bonds is 5. The fraction of sp³-hybridized carbons (Fsp3) is 0.769. The van der Waals surface area contributed by atoms with Gasteiger partial charge in [-0.25, -0.2) is 0 Å². The van der Waals surface area contributed by atoms with Crippen molar-refractivity contribution in [2.75, 3.05) is 13.7 Å². The molecular formula is C13H23N3O. The van der Waals surface area contributed by atoms with Crippen molar-refractivity contribution in [3.05, 3.63) is 18.0 Å². The van der Waals surface area contributed by atoms with Gasteiger partial charge in [0.1, 0.15) is 0 Å². The summed E-state index contributed by atoms with van der Waals surface area (Å²) in [6, 6.07) is 0.679. The van der Waals surface area contributed by atoms with Gasteiger partial charge < -0.3 is 10.1 Å². The van der Waals surface area contributed by atoms with Gasteiger partial charge in [0.05, 0.1) is 12.3 Å². The lowest BCUT2D eigenvalue weighted by atomic mass is 9.93. The molecule has 4 heteroatoms. The predicted molar refractivity (Wildman–Crippen MR) is 68.0 cm³/mol. The minimum absolute atomic E-state index is 0.492. The second-order valence-electron chi connectivity index (χ2n) is 4.94. The molecule has 2 rings (SSSR count). The number of nitrogens with one attached hydrogen (secondary N) is 1. The Kier molecular flexibility index (Phi) is 4.57. The summed E-state index contributed by atoms with van der Waals surface area (Å²) in [6.45, 7) is 1.05. The van der Waals surface area contributed by atoms with Crippen molar-refractivity contribution in [3.8, 4) is 0 Å². The molecule has 1 fully saturated rings. The Morgan fingerprint density at radius 1 is 1.41 bits per heavy atom. The van der Waals surface area contributed by atoms with E-state index in [1.54, 1.807) is 0 Å². The molecule has 0 unspecified atom stereocenters. The van der Waals surface area contributed by atoms with Crippen LogP contribution in [0.4, 0.5) is 0 Å². The zero-order valence-electron chi connectivity index (χ0n) is 10.9. The van der Waals surface area contributed by atoms with Gasteiger partial charge in [0, 0.05) is 26.4 Å². The highest BCUT2D eigenvalue weighted by Crippen LogP contribution is 2.20. The van der Waals surface area contributed by atoms with Crippen molar-refractivity contribution >= 4 is 0 Å². The van der Waals surface area contributed by atoms with Gasteiger partial charge in [-0.2, -0.15) is 5.10 Å². The van der Waals surface area contributed by atoms with Gasteiger partial charge in [-0.3, -0.25) is 4.68 Å². The van der Waals surface area contributed by atoms with Crippen LogP contribution >= 0.6 is 0 Å². The second-order valence-corrected chi connectivity index (χ2v) is 4.94. The fourth-order valence-electron chi connectivity index (χ4n) is 2.52. The van der Waals surface area contributed by atoms with Crippen molar-refractivity contribution < 1.29 is 4.74 Å². The van der Waals surface area contributed by atoms with Crippen molar-refractivity contribution in [2.24, 2.45) is 7.05 Å². The molecule has 0 bridgehead atoms. The van der Waals surface area contributed by atoms with Crippen LogP contribution in [0, 0.1) is 0 Å². The van der Waals surface area contributed by atoms with Crippen LogP contribution in [-0.4, -0.2) is 35.6 Å². The molecule has 96 valence electrons. The fourth-order valence-corrected chi connectivity index (χ4v) is 2.52. The van der Waals surface area contributed by atoms with E-state index in [-0.39, 0.29) is 0 Å². The molecule has 1 aliphatic carbocycles. The highest BCUT2D eigenvalue weighted by molar-refractivity contribution is 5.03. The van der Waals surface area contributed by atoms with Crippen LogP contribution in [0.3, 0.4) is 0 Å². The third kappa shape index (κ3) is 3.82. The zero-order valence-corrected chi connectivity index (χ0v) is 10.9. The van der Waals surface area contributed by atoms with E-state index < -0.39 is 0 Å². The molecule has 1 aromatic heterocycles. The number of aryl methyl sites for hydroxylation is 1. The molecule has 4 nitrogen and oxygen atoms in total. The van der Waals surface area contributed by atoms with E-state index in [9.17, 15) is 0 Å². The van der Waals surface area contributed by atoms with E-state index in [0.29, 0.717) is 12.1 Å². The summed E-state index contributed by atoms with van der Waals surface area (Å²) in [7, 11) is 3.78. The van der Waals surface area contributed by atoms with Crippen LogP contribution in [0.5, 0.6) is 0 Å². The lowest BCUT2D eigenvalue weighted by Gasteiger charge is -2.28. The summed E-state index contributed by atoms with van der Waals surface area (Å²) in [5, 5.41) is 7.81. The van der Waals surface area contributed by atoms with Gasteiger partial charge in [0.25, 0.3) is 0 Å². The Balaban J connectivity index is 1.63. The standard InChI is InChI=1S/C13H23N3O/c1-16-10-11(9-15-16)7-8-14-12-3-5-13(17-2)6-4-12/h9-10,12-14H,3-8H2,1-2H3. The average molecular weight is 237 g/mol. The van der Waals surface area contributed by atoms with E-state index in [0.717, 1.165) is 13.0 Å². The molecule has 0 atom stereocenters. The van der Waals surface area contributed by atoms with E-state index >= 15 is 0 Å². The number of hydrogen-bond donors (Lipinski definition) is 1. The largest absolute Gasteiger partial charge is 0.381 e. The molecule has 0 amide bonds. The number of methoxy groups -OCH3 is 1. The third-order valence-corrected chi connectivity index (χ3v) is 3.61. The molecule has 17 heavy (non-hydrogen) atoms. The maximum absolute atomic E-state index is 5.38. The summed E-state index contributed by atoms with van der Waals surface area (Å²) in [5.74, 6) is 0. The molecule has 0 saturated heterocycles. The summed E-state index contributed by atoms with van der Waals surface area (Å²) in [6.07, 6.45) is 10.5. The molecule has 0 aliphatic heterocycles. The predicted octanol–water partition coefficient (Wildman–Crippen LogP) is 1.51. The summed E-state index contributed by atoms with van der Waals surface area (Å²) >= 11 is 0. The van der Waals surface area contributed by atoms with Crippen LogP contribution in [0.25, 0.3) is 0 Å². The van der Waals surface area contributed by atoms with Gasteiger partial charge in [0.15, 0.2) is 0 Å². The van der Waals surface area contributed by atoms with Crippen LogP contribution in [0.2, 0.25) is 0 Å². The monoisotopic (exact) mass is 237 g/mol. The quantitative estimate of drug-likeness (QED) is 0.843. The van der Waals surface area contributed by atoms with Gasteiger partial charge in [-0.1, -0.05) is 0 Å². The van der Waals surface area contributed by atoms with Gasteiger partial charge in [-0.15, -0.1) is 0 Å². The molecule has 1 N–H and O–H groups in total. The smallest absolute Gasteiger partial charge is 0.0572 e. The highest BCUT2D eigenvalue weighted by atomic mass is 16.5. The first kappa shape index (κ1) is 12.6. The molecule has 1 aliphatic rings. The highest BCUT2D eigenvalue weighted by Gasteiger charge is 2.19. The van der Waals surface area contributed by atoms with Gasteiger partial charge in [0.2, 0.25) is 0 Å². The SMILES string of the molecule is COC1CCC(NCCc2cnn(C)c2)CC1. The van der Waals surface area contributed by atoms with Crippen molar-refractivity contribution in [1.29, 1.82) is 0 Å². The Bertz CT molecular complexity index is 329. The zero-order chi connectivity index (χ0) is 12.1. The number of hydrogen-bond acceptors (Lipinski definition) is 3. The van der Waals surface area contributed by atoms with Crippen molar-refractivity contribution in [3.63, 3.8) is 0 Å². The molecule has 0 aromatic carbocycles. The lowest BCUT2D eigenvalue weighted by Crippen LogP contribution is -2.36. The first-order valence-electron chi connectivity index (χ1n) is 6.51. The summed E-state index contributed by atoms with van der Waals surface area (Å²) < 4.78 is 7.24. The van der Waals surface area contributed by atoms with Crippen molar-refractivity contribution in [1.82, 2.24) is 15.1 Å². The first-order chi connectivity index (χ1) is 8.28. The normalized spacial score (nSPS) is 25.1. The Morgan fingerprint density at radius 3 is 2.76 bits per heavy atom. The molecule has 1 aromatic rings. The molecule has 0 radical (unpaired) electrons. The Morgan fingerprint density at radius 2 is 2.18 bits per heavy atom. The number of ether oxygens (including phenoxy) is 1. The minimum Gasteiger partial charge on any atom is -0.381 e. The first-order valence-corrected chi connectivity index (χ1v) is 6.51. The van der Waals surface area contributed by atoms with Crippen LogP contribution < -0.4 is 5.32 Å². The summed E-state index contributed by atoms with van der Waals surface area (Å²) in [5.41, 5.74) is 1.31. The molecule has 1 heterocycles. The van der Waals surface area contributed by atoms with Crippen LogP contribution in [0.1, 0.15) is 31.2 Å². The van der Waals surface area contributed by atoms with Gasteiger partial charge >= 0.3 is 0 Å². The van der Waals surface area contributed by atoms with E-state index in [1.807, 2.05) is 25.0 Å². The van der Waals surface area contributed by atoms with Crippen molar-refractivity contribution in [2.45, 2.75) is 44.2 Å². The lowest BCUT2D eigenvalue weighted by molar-refractivity contribution is 0.0626. The Hall–Kier alpha value is -0.870. The molecular weight excluding hydrogens is 214 g/mol. The van der Waals surface area contributed by atoms with E-state index in [2.05, 4.69) is 16.6 Å².